The van der Waals surface area contributed by atoms with Crippen LogP contribution in [0.25, 0.3) is 16.4 Å². The minimum Gasteiger partial charge on any atom is -0.347 e. The molecule has 4 heterocycles. The number of aromatic nitrogens is 4. The van der Waals surface area contributed by atoms with E-state index < -0.39 is 0 Å². The van der Waals surface area contributed by atoms with Crippen LogP contribution in [-0.2, 0) is 6.54 Å². The standard InChI is InChI=1S/C20H17N5OS/c1-14-18(27-20(24-14)25-10-2-3-11-25)19(26)23-13-16-7-5-9-22-17(16)15-6-4-8-21-12-15/h2-12H,13H2,1H3,(H,23,26). The summed E-state index contributed by atoms with van der Waals surface area (Å²) in [5, 5.41) is 3.76. The van der Waals surface area contributed by atoms with E-state index >= 15 is 0 Å². The molecule has 6 nitrogen and oxygen atoms in total. The third-order valence-electron chi connectivity index (χ3n) is 4.08. The first-order valence-electron chi connectivity index (χ1n) is 8.45. The lowest BCUT2D eigenvalue weighted by Crippen LogP contribution is -2.23. The molecule has 0 aliphatic carbocycles. The molecule has 0 spiro atoms. The quantitative estimate of drug-likeness (QED) is 0.578. The number of hydrogen-bond donors (Lipinski definition) is 1. The van der Waals surface area contributed by atoms with E-state index in [1.54, 1.807) is 18.6 Å². The van der Waals surface area contributed by atoms with Gasteiger partial charge in [-0.3, -0.25) is 14.8 Å². The maximum atomic E-state index is 12.7. The van der Waals surface area contributed by atoms with Crippen LogP contribution in [-0.4, -0.2) is 25.4 Å². The molecule has 0 aromatic carbocycles. The summed E-state index contributed by atoms with van der Waals surface area (Å²) in [6, 6.07) is 11.5. The molecule has 0 atom stereocenters. The Bertz CT molecular complexity index is 1060. The van der Waals surface area contributed by atoms with Crippen LogP contribution in [0.2, 0.25) is 0 Å². The molecule has 4 rings (SSSR count). The zero-order chi connectivity index (χ0) is 18.6. The average Bonchev–Trinajstić information content (AvgIpc) is 3.37. The smallest absolute Gasteiger partial charge is 0.263 e. The predicted octanol–water partition coefficient (Wildman–Crippen LogP) is 3.63. The molecule has 7 heteroatoms. The Labute approximate surface area is 160 Å². The van der Waals surface area contributed by atoms with Gasteiger partial charge in [0.25, 0.3) is 5.91 Å². The lowest BCUT2D eigenvalue weighted by molar-refractivity contribution is 0.0954. The van der Waals surface area contributed by atoms with E-state index in [2.05, 4.69) is 20.3 Å². The fourth-order valence-electron chi connectivity index (χ4n) is 2.77. The topological polar surface area (TPSA) is 72.7 Å². The molecule has 134 valence electrons. The number of carbonyl (C=O) groups excluding carboxylic acids is 1. The highest BCUT2D eigenvalue weighted by Gasteiger charge is 2.16. The summed E-state index contributed by atoms with van der Waals surface area (Å²) < 4.78 is 1.90. The van der Waals surface area contributed by atoms with Gasteiger partial charge in [0.15, 0.2) is 5.13 Å². The normalized spacial score (nSPS) is 10.7. The third-order valence-corrected chi connectivity index (χ3v) is 5.25. The predicted molar refractivity (Wildman–Crippen MR) is 105 cm³/mol. The maximum Gasteiger partial charge on any atom is 0.263 e. The first-order valence-corrected chi connectivity index (χ1v) is 9.27. The Morgan fingerprint density at radius 2 is 1.96 bits per heavy atom. The van der Waals surface area contributed by atoms with Crippen LogP contribution in [0.1, 0.15) is 20.9 Å². The third kappa shape index (κ3) is 3.63. The highest BCUT2D eigenvalue weighted by molar-refractivity contribution is 7.16. The lowest BCUT2D eigenvalue weighted by Gasteiger charge is -2.09. The van der Waals surface area contributed by atoms with Gasteiger partial charge in [-0.25, -0.2) is 4.98 Å². The molecule has 0 saturated carbocycles. The van der Waals surface area contributed by atoms with Crippen molar-refractivity contribution in [2.45, 2.75) is 13.5 Å². The number of nitrogens with zero attached hydrogens (tertiary/aromatic N) is 4. The van der Waals surface area contributed by atoms with Crippen LogP contribution in [0.5, 0.6) is 0 Å². The fourth-order valence-corrected chi connectivity index (χ4v) is 3.72. The first kappa shape index (κ1) is 17.1. The number of pyridine rings is 2. The van der Waals surface area contributed by atoms with Crippen molar-refractivity contribution in [2.24, 2.45) is 0 Å². The van der Waals surface area contributed by atoms with E-state index in [0.717, 1.165) is 27.6 Å². The second-order valence-corrected chi connectivity index (χ2v) is 6.91. The molecule has 0 saturated heterocycles. The van der Waals surface area contributed by atoms with Gasteiger partial charge in [0.05, 0.1) is 11.4 Å². The molecule has 4 aromatic rings. The van der Waals surface area contributed by atoms with Gasteiger partial charge >= 0.3 is 0 Å². The van der Waals surface area contributed by atoms with Crippen LogP contribution in [0.4, 0.5) is 0 Å². The molecule has 4 aromatic heterocycles. The van der Waals surface area contributed by atoms with Gasteiger partial charge in [0, 0.05) is 43.1 Å². The zero-order valence-corrected chi connectivity index (χ0v) is 15.5. The molecular weight excluding hydrogens is 358 g/mol. The number of hydrogen-bond acceptors (Lipinski definition) is 5. The molecule has 0 aliphatic rings. The number of thiazole rings is 1. The van der Waals surface area contributed by atoms with Crippen molar-refractivity contribution in [1.29, 1.82) is 0 Å². The van der Waals surface area contributed by atoms with Gasteiger partial charge in [0.1, 0.15) is 4.88 Å². The van der Waals surface area contributed by atoms with E-state index in [4.69, 9.17) is 0 Å². The van der Waals surface area contributed by atoms with Gasteiger partial charge in [-0.15, -0.1) is 0 Å². The van der Waals surface area contributed by atoms with Crippen molar-refractivity contribution in [3.05, 3.63) is 83.5 Å². The van der Waals surface area contributed by atoms with E-state index in [0.29, 0.717) is 11.4 Å². The minimum absolute atomic E-state index is 0.135. The van der Waals surface area contributed by atoms with Crippen molar-refractivity contribution in [2.75, 3.05) is 0 Å². The Hall–Kier alpha value is -3.32. The summed E-state index contributed by atoms with van der Waals surface area (Å²) in [6.45, 7) is 2.23. The van der Waals surface area contributed by atoms with Crippen LogP contribution < -0.4 is 5.32 Å². The van der Waals surface area contributed by atoms with Gasteiger partial charge < -0.3 is 9.88 Å². The Morgan fingerprint density at radius 1 is 1.15 bits per heavy atom. The van der Waals surface area contributed by atoms with Crippen LogP contribution in [0.3, 0.4) is 0 Å². The van der Waals surface area contributed by atoms with E-state index in [-0.39, 0.29) is 5.91 Å². The molecule has 1 amide bonds. The van der Waals surface area contributed by atoms with Crippen molar-refractivity contribution in [1.82, 2.24) is 24.8 Å². The molecule has 0 fully saturated rings. The van der Waals surface area contributed by atoms with E-state index in [1.807, 2.05) is 60.3 Å². The maximum absolute atomic E-state index is 12.7. The molecule has 27 heavy (non-hydrogen) atoms. The average molecular weight is 375 g/mol. The summed E-state index contributed by atoms with van der Waals surface area (Å²) in [7, 11) is 0. The fraction of sp³-hybridized carbons (Fsp3) is 0.100. The number of carbonyl (C=O) groups is 1. The Kier molecular flexibility index (Phi) is 4.76. The van der Waals surface area contributed by atoms with Gasteiger partial charge in [-0.2, -0.15) is 0 Å². The van der Waals surface area contributed by atoms with Crippen molar-refractivity contribution in [3.63, 3.8) is 0 Å². The van der Waals surface area contributed by atoms with Gasteiger partial charge in [0.2, 0.25) is 0 Å². The summed E-state index contributed by atoms with van der Waals surface area (Å²) in [5.41, 5.74) is 3.40. The molecule has 0 bridgehead atoms. The molecular formula is C20H17N5OS. The van der Waals surface area contributed by atoms with Crippen molar-refractivity contribution >= 4 is 17.2 Å². The van der Waals surface area contributed by atoms with Crippen LogP contribution >= 0.6 is 11.3 Å². The van der Waals surface area contributed by atoms with E-state index in [1.165, 1.54) is 11.3 Å². The molecule has 1 N–H and O–H groups in total. The van der Waals surface area contributed by atoms with Crippen molar-refractivity contribution in [3.8, 4) is 16.4 Å². The first-order chi connectivity index (χ1) is 13.2. The Balaban J connectivity index is 1.53. The second-order valence-electron chi connectivity index (χ2n) is 5.94. The highest BCUT2D eigenvalue weighted by Crippen LogP contribution is 2.23. The van der Waals surface area contributed by atoms with Gasteiger partial charge in [-0.05, 0) is 42.8 Å². The zero-order valence-electron chi connectivity index (χ0n) is 14.7. The molecule has 0 radical (unpaired) electrons. The number of nitrogens with one attached hydrogen (secondary N) is 1. The molecule has 0 aliphatic heterocycles. The second kappa shape index (κ2) is 7.51. The molecule has 0 unspecified atom stereocenters. The minimum atomic E-state index is -0.135. The summed E-state index contributed by atoms with van der Waals surface area (Å²) in [5.74, 6) is -0.135. The van der Waals surface area contributed by atoms with E-state index in [9.17, 15) is 4.79 Å². The number of rotatable bonds is 5. The number of aryl methyl sites for hydroxylation is 1. The summed E-state index contributed by atoms with van der Waals surface area (Å²) >= 11 is 1.38. The van der Waals surface area contributed by atoms with Crippen LogP contribution in [0, 0.1) is 6.92 Å². The summed E-state index contributed by atoms with van der Waals surface area (Å²) in [6.07, 6.45) is 9.06. The van der Waals surface area contributed by atoms with Crippen molar-refractivity contribution < 1.29 is 4.79 Å². The summed E-state index contributed by atoms with van der Waals surface area (Å²) in [4.78, 5) is 26.4. The lowest BCUT2D eigenvalue weighted by atomic mass is 10.1. The largest absolute Gasteiger partial charge is 0.347 e. The number of amides is 1. The monoisotopic (exact) mass is 375 g/mol. The SMILES string of the molecule is Cc1nc(-n2cccc2)sc1C(=O)NCc1cccnc1-c1cccnc1. The Morgan fingerprint density at radius 3 is 2.74 bits per heavy atom. The van der Waals surface area contributed by atoms with Gasteiger partial charge in [-0.1, -0.05) is 17.4 Å². The van der Waals surface area contributed by atoms with Crippen LogP contribution in [0.15, 0.2) is 67.4 Å². The highest BCUT2D eigenvalue weighted by atomic mass is 32.1.